The molecular formula is C14H34NO6PSi3. The van der Waals surface area contributed by atoms with Gasteiger partial charge in [0, 0.05) is 18.4 Å². The Morgan fingerprint density at radius 2 is 1.60 bits per heavy atom. The molecule has 148 valence electrons. The minimum absolute atomic E-state index is 0.473. The minimum Gasteiger partial charge on any atom is -0.437 e. The second-order valence-electron chi connectivity index (χ2n) is 8.13. The summed E-state index contributed by atoms with van der Waals surface area (Å²) < 4.78 is 23.3. The van der Waals surface area contributed by atoms with Crippen molar-refractivity contribution in [2.24, 2.45) is 0 Å². The molecule has 0 rings (SSSR count). The number of amides is 1. The van der Waals surface area contributed by atoms with Gasteiger partial charge in [-0.1, -0.05) is 6.42 Å². The van der Waals surface area contributed by atoms with Crippen molar-refractivity contribution in [3.05, 3.63) is 11.9 Å². The van der Waals surface area contributed by atoms with E-state index in [9.17, 15) is 9.36 Å². The zero-order chi connectivity index (χ0) is 19.9. The van der Waals surface area contributed by atoms with Gasteiger partial charge in [0.2, 0.25) is 5.91 Å². The molecule has 11 heteroatoms. The molecule has 0 atom stereocenters. The molecule has 25 heavy (non-hydrogen) atoms. The number of hydrogen-bond acceptors (Lipinski definition) is 4. The van der Waals surface area contributed by atoms with Crippen LogP contribution in [0.3, 0.4) is 0 Å². The van der Waals surface area contributed by atoms with Crippen LogP contribution in [0.15, 0.2) is 11.9 Å². The molecule has 0 aromatic heterocycles. The van der Waals surface area contributed by atoms with Crippen molar-refractivity contribution in [2.45, 2.75) is 64.7 Å². The third kappa shape index (κ3) is 15.9. The maximum Gasteiger partial charge on any atom is 0.349 e. The van der Waals surface area contributed by atoms with E-state index in [0.717, 1.165) is 25.0 Å². The van der Waals surface area contributed by atoms with Gasteiger partial charge in [-0.25, -0.2) is 0 Å². The topological polar surface area (TPSA) is 105 Å². The van der Waals surface area contributed by atoms with E-state index >= 15 is 0 Å². The number of nitrogens with one attached hydrogen (secondary N) is 1. The fraction of sp³-hybridized carbons (Fsp3) is 0.786. The van der Waals surface area contributed by atoms with Crippen molar-refractivity contribution in [1.29, 1.82) is 0 Å². The summed E-state index contributed by atoms with van der Waals surface area (Å²) in [7, 11) is -9.85. The molecule has 0 heterocycles. The van der Waals surface area contributed by atoms with Gasteiger partial charge in [0.15, 0.2) is 16.6 Å². The molecule has 0 aromatic rings. The van der Waals surface area contributed by atoms with Crippen LogP contribution in [-0.4, -0.2) is 47.4 Å². The predicted octanol–water partition coefficient (Wildman–Crippen LogP) is 3.35. The van der Waals surface area contributed by atoms with Crippen LogP contribution in [0.25, 0.3) is 0 Å². The fourth-order valence-corrected chi connectivity index (χ4v) is 16.2. The van der Waals surface area contributed by atoms with Crippen molar-refractivity contribution in [2.75, 3.05) is 6.54 Å². The van der Waals surface area contributed by atoms with Gasteiger partial charge >= 0.3 is 16.2 Å². The largest absolute Gasteiger partial charge is 0.437 e. The number of hydrogen-bond donors (Lipinski definition) is 3. The average Bonchev–Trinajstić information content (AvgIpc) is 2.30. The van der Waals surface area contributed by atoms with Crippen molar-refractivity contribution >= 4 is 38.7 Å². The van der Waals surface area contributed by atoms with Gasteiger partial charge in [0.05, 0.1) is 0 Å². The Kier molecular flexibility index (Phi) is 9.72. The lowest BCUT2D eigenvalue weighted by Gasteiger charge is -2.37. The Balaban J connectivity index is 4.17. The van der Waals surface area contributed by atoms with Gasteiger partial charge in [-0.2, -0.15) is 0 Å². The Morgan fingerprint density at radius 3 is 2.08 bits per heavy atom. The molecule has 0 aromatic carbocycles. The summed E-state index contributed by atoms with van der Waals surface area (Å²) >= 11 is 0. The summed E-state index contributed by atoms with van der Waals surface area (Å²) in [6.45, 7) is 15.6. The molecule has 0 bridgehead atoms. The molecule has 0 radical (unpaired) electrons. The van der Waals surface area contributed by atoms with Crippen molar-refractivity contribution in [3.8, 4) is 0 Å². The van der Waals surface area contributed by atoms with E-state index in [-0.39, 0.29) is 0 Å². The fourth-order valence-electron chi connectivity index (χ4n) is 2.59. The summed E-state index contributed by atoms with van der Waals surface area (Å²) in [4.78, 5) is 28.7. The first-order chi connectivity index (χ1) is 11.0. The van der Waals surface area contributed by atoms with Gasteiger partial charge in [0.1, 0.15) is 0 Å². The average molecular weight is 428 g/mol. The van der Waals surface area contributed by atoms with E-state index in [2.05, 4.69) is 51.1 Å². The summed E-state index contributed by atoms with van der Waals surface area (Å²) in [5, 5.41) is 2.62. The number of carbonyl (C=O) groups is 1. The Hall–Kier alpha value is -0.0694. The van der Waals surface area contributed by atoms with Crippen molar-refractivity contribution in [3.63, 3.8) is 0 Å². The zero-order valence-electron chi connectivity index (χ0n) is 16.5. The summed E-state index contributed by atoms with van der Waals surface area (Å²) in [5.74, 6) is 0.116. The van der Waals surface area contributed by atoms with Crippen LogP contribution in [0.5, 0.6) is 0 Å². The van der Waals surface area contributed by atoms with Crippen LogP contribution in [0.4, 0.5) is 0 Å². The van der Waals surface area contributed by atoms with E-state index in [1.807, 2.05) is 0 Å². The monoisotopic (exact) mass is 427 g/mol. The lowest BCUT2D eigenvalue weighted by Crippen LogP contribution is -2.51. The summed E-state index contributed by atoms with van der Waals surface area (Å²) in [5.41, 5.74) is 0. The highest BCUT2D eigenvalue weighted by atomic mass is 31.2. The second-order valence-corrected chi connectivity index (χ2v) is 22.3. The molecule has 0 unspecified atom stereocenters. The Morgan fingerprint density at radius 1 is 1.04 bits per heavy atom. The molecule has 0 saturated heterocycles. The van der Waals surface area contributed by atoms with E-state index in [0.29, 0.717) is 12.4 Å². The van der Waals surface area contributed by atoms with Gasteiger partial charge in [-0.15, -0.1) is 0 Å². The normalized spacial score (nSPS) is 14.1. The van der Waals surface area contributed by atoms with Gasteiger partial charge in [-0.3, -0.25) is 9.36 Å². The first-order valence-electron chi connectivity index (χ1n) is 8.44. The predicted molar refractivity (Wildman–Crippen MR) is 109 cm³/mol. The third-order valence-corrected chi connectivity index (χ3v) is 13.7. The second kappa shape index (κ2) is 9.75. The van der Waals surface area contributed by atoms with E-state index < -0.39 is 38.7 Å². The van der Waals surface area contributed by atoms with Crippen LogP contribution in [-0.2, 0) is 17.6 Å². The number of unbranched alkanes of at least 4 members (excludes halogenated alkanes) is 1. The van der Waals surface area contributed by atoms with Crippen LogP contribution in [0, 0.1) is 0 Å². The molecule has 1 amide bonds. The quantitative estimate of drug-likeness (QED) is 0.202. The Labute approximate surface area is 154 Å². The first-order valence-corrected chi connectivity index (χ1v) is 19.5. The maximum absolute atomic E-state index is 11.4. The highest BCUT2D eigenvalue weighted by molar-refractivity contribution is 7.55. The molecule has 0 aliphatic rings. The van der Waals surface area contributed by atoms with Crippen LogP contribution in [0.2, 0.25) is 51.9 Å². The standard InChI is InChI=1S/C14H34NO6PSi3/c1-23(2,3)20-25(6,7)21-24(4,5)13-9-8-11-15-14(16)10-12-22(17,18)19/h10,12H,8-9,11,13H2,1-7H3,(H,15,16)(H2,17,18,19). The molecule has 3 N–H and O–H groups in total. The lowest BCUT2D eigenvalue weighted by atomic mass is 10.3. The van der Waals surface area contributed by atoms with Gasteiger partial charge in [-0.05, 0) is 58.3 Å². The molecule has 0 aliphatic carbocycles. The van der Waals surface area contributed by atoms with E-state index in [1.54, 1.807) is 0 Å². The van der Waals surface area contributed by atoms with E-state index in [1.165, 1.54) is 0 Å². The van der Waals surface area contributed by atoms with Crippen LogP contribution < -0.4 is 5.32 Å². The smallest absolute Gasteiger partial charge is 0.349 e. The summed E-state index contributed by atoms with van der Waals surface area (Å²) in [6, 6.07) is 0.979. The third-order valence-electron chi connectivity index (χ3n) is 3.00. The van der Waals surface area contributed by atoms with Gasteiger partial charge in [0.25, 0.3) is 0 Å². The summed E-state index contributed by atoms with van der Waals surface area (Å²) in [6.07, 6.45) is 2.61. The number of carbonyl (C=O) groups excluding carboxylic acids is 1. The van der Waals surface area contributed by atoms with Crippen molar-refractivity contribution in [1.82, 2.24) is 5.32 Å². The number of rotatable bonds is 11. The van der Waals surface area contributed by atoms with Crippen LogP contribution in [0.1, 0.15) is 12.8 Å². The Bertz CT molecular complexity index is 513. The van der Waals surface area contributed by atoms with Gasteiger partial charge < -0.3 is 23.3 Å². The highest BCUT2D eigenvalue weighted by Crippen LogP contribution is 2.35. The lowest BCUT2D eigenvalue weighted by molar-refractivity contribution is -0.116. The molecule has 0 aliphatic heterocycles. The molecule has 0 saturated carbocycles. The maximum atomic E-state index is 11.4. The van der Waals surface area contributed by atoms with E-state index in [4.69, 9.17) is 18.0 Å². The molecular weight excluding hydrogens is 393 g/mol. The molecule has 0 spiro atoms. The zero-order valence-corrected chi connectivity index (χ0v) is 20.4. The highest BCUT2D eigenvalue weighted by Gasteiger charge is 2.37. The molecule has 0 fully saturated rings. The SMILES string of the molecule is C[Si](C)(C)O[Si](C)(C)O[Si](C)(C)CCCCNC(=O)C=CP(=O)(O)O. The minimum atomic E-state index is -4.28. The molecule has 7 nitrogen and oxygen atoms in total. The van der Waals surface area contributed by atoms with Crippen molar-refractivity contribution < 1.29 is 27.4 Å². The first kappa shape index (κ1) is 24.9. The van der Waals surface area contributed by atoms with Crippen LogP contribution >= 0.6 is 7.60 Å².